The van der Waals surface area contributed by atoms with Crippen molar-refractivity contribution in [2.45, 2.75) is 31.3 Å². The van der Waals surface area contributed by atoms with Crippen molar-refractivity contribution in [2.75, 3.05) is 13.2 Å². The molecule has 4 atom stereocenters. The molecule has 0 aromatic carbocycles. The Balaban J connectivity index is 2.29. The maximum Gasteiger partial charge on any atom is 0.410 e. The normalized spacial score (nSPS) is 31.3. The first-order valence-corrected chi connectivity index (χ1v) is 6.07. The Morgan fingerprint density at radius 1 is 1.47 bits per heavy atom. The zero-order valence-corrected chi connectivity index (χ0v) is 10.5. The Kier molecular flexibility index (Phi) is 4.08. The third-order valence-corrected chi connectivity index (χ3v) is 3.12. The summed E-state index contributed by atoms with van der Waals surface area (Å²) in [6.45, 7) is 1.70. The lowest BCUT2D eigenvalue weighted by molar-refractivity contribution is -0.135. The van der Waals surface area contributed by atoms with Gasteiger partial charge >= 0.3 is 6.09 Å². The first kappa shape index (κ1) is 13.9. The highest BCUT2D eigenvalue weighted by atomic mass is 16.6. The highest BCUT2D eigenvalue weighted by Crippen LogP contribution is 2.32. The number of furan rings is 1. The smallest absolute Gasteiger partial charge is 0.410 e. The van der Waals surface area contributed by atoms with Gasteiger partial charge in [0.1, 0.15) is 30.1 Å². The standard InChI is InChI=1S/C12H17NO6/c1-2-18-12(17)13-6-7(14)10(15)11(16)9(13)8-4-3-5-19-8/h3-5,7,9-11,14-16H,2,6H2,1H3/t7-,9+,10-,11-/m0/s1. The zero-order chi connectivity index (χ0) is 14.0. The van der Waals surface area contributed by atoms with Crippen molar-refractivity contribution >= 4 is 6.09 Å². The summed E-state index contributed by atoms with van der Waals surface area (Å²) in [5, 5.41) is 29.4. The van der Waals surface area contributed by atoms with Crippen LogP contribution in [0.25, 0.3) is 0 Å². The summed E-state index contributed by atoms with van der Waals surface area (Å²) in [6, 6.07) is 2.32. The van der Waals surface area contributed by atoms with Crippen molar-refractivity contribution in [2.24, 2.45) is 0 Å². The summed E-state index contributed by atoms with van der Waals surface area (Å²) in [7, 11) is 0. The summed E-state index contributed by atoms with van der Waals surface area (Å²) < 4.78 is 10.1. The van der Waals surface area contributed by atoms with E-state index >= 15 is 0 Å². The van der Waals surface area contributed by atoms with Gasteiger partial charge in [0.2, 0.25) is 0 Å². The van der Waals surface area contributed by atoms with E-state index in [0.717, 1.165) is 4.90 Å². The second-order valence-corrected chi connectivity index (χ2v) is 4.36. The van der Waals surface area contributed by atoms with Crippen LogP contribution in [0.2, 0.25) is 0 Å². The number of piperidine rings is 1. The van der Waals surface area contributed by atoms with E-state index in [2.05, 4.69) is 0 Å². The number of nitrogens with zero attached hydrogens (tertiary/aromatic N) is 1. The summed E-state index contributed by atoms with van der Waals surface area (Å²) in [5.74, 6) is 0.325. The molecule has 1 saturated heterocycles. The Labute approximate surface area is 110 Å². The molecule has 1 aliphatic heterocycles. The number of hydrogen-bond acceptors (Lipinski definition) is 6. The minimum absolute atomic E-state index is 0.136. The SMILES string of the molecule is CCOC(=O)N1C[C@H](O)[C@H](O)[C@@H](O)[C@H]1c1ccco1. The van der Waals surface area contributed by atoms with Crippen LogP contribution in [0.5, 0.6) is 0 Å². The summed E-state index contributed by atoms with van der Waals surface area (Å²) >= 11 is 0. The van der Waals surface area contributed by atoms with Crippen LogP contribution in [-0.2, 0) is 4.74 Å². The molecule has 7 heteroatoms. The Morgan fingerprint density at radius 3 is 2.79 bits per heavy atom. The van der Waals surface area contributed by atoms with Crippen LogP contribution < -0.4 is 0 Å². The van der Waals surface area contributed by atoms with Crippen LogP contribution in [0.4, 0.5) is 4.79 Å². The molecule has 1 aliphatic rings. The van der Waals surface area contributed by atoms with Gasteiger partial charge in [0.25, 0.3) is 0 Å². The monoisotopic (exact) mass is 271 g/mol. The molecule has 2 rings (SSSR count). The molecule has 7 nitrogen and oxygen atoms in total. The van der Waals surface area contributed by atoms with Gasteiger partial charge in [0.05, 0.1) is 19.4 Å². The maximum atomic E-state index is 11.9. The number of carbonyl (C=O) groups is 1. The summed E-state index contributed by atoms with van der Waals surface area (Å²) in [6.07, 6.45) is -3.19. The van der Waals surface area contributed by atoms with Gasteiger partial charge in [-0.2, -0.15) is 0 Å². The number of carbonyl (C=O) groups excluding carboxylic acids is 1. The van der Waals surface area contributed by atoms with Gasteiger partial charge in [-0.15, -0.1) is 0 Å². The molecule has 3 N–H and O–H groups in total. The predicted octanol–water partition coefficient (Wildman–Crippen LogP) is -0.125. The minimum atomic E-state index is -1.35. The van der Waals surface area contributed by atoms with E-state index in [4.69, 9.17) is 9.15 Å². The Bertz CT molecular complexity index is 420. The molecule has 1 aromatic heterocycles. The van der Waals surface area contributed by atoms with E-state index in [1.807, 2.05) is 0 Å². The lowest BCUT2D eigenvalue weighted by Gasteiger charge is -2.41. The average Bonchev–Trinajstić information content (AvgIpc) is 2.89. The number of ether oxygens (including phenoxy) is 1. The van der Waals surface area contributed by atoms with Crippen molar-refractivity contribution in [3.63, 3.8) is 0 Å². The lowest BCUT2D eigenvalue weighted by atomic mass is 9.92. The molecule has 0 saturated carbocycles. The molecule has 0 radical (unpaired) electrons. The minimum Gasteiger partial charge on any atom is -0.467 e. The molecule has 0 aliphatic carbocycles. The van der Waals surface area contributed by atoms with E-state index in [0.29, 0.717) is 5.76 Å². The molecule has 19 heavy (non-hydrogen) atoms. The molecule has 1 aromatic rings. The van der Waals surface area contributed by atoms with E-state index in [1.54, 1.807) is 19.1 Å². The number of aliphatic hydroxyl groups excluding tert-OH is 3. The molecule has 0 spiro atoms. The van der Waals surface area contributed by atoms with E-state index < -0.39 is 30.4 Å². The van der Waals surface area contributed by atoms with E-state index in [9.17, 15) is 20.1 Å². The second-order valence-electron chi connectivity index (χ2n) is 4.36. The third kappa shape index (κ3) is 2.58. The van der Waals surface area contributed by atoms with Crippen LogP contribution in [0.3, 0.4) is 0 Å². The first-order chi connectivity index (χ1) is 9.06. The largest absolute Gasteiger partial charge is 0.467 e. The highest BCUT2D eigenvalue weighted by Gasteiger charge is 2.46. The molecule has 1 fully saturated rings. The zero-order valence-electron chi connectivity index (χ0n) is 10.5. The van der Waals surface area contributed by atoms with Gasteiger partial charge in [0.15, 0.2) is 0 Å². The van der Waals surface area contributed by atoms with Crippen LogP contribution in [-0.4, -0.2) is 57.8 Å². The quantitative estimate of drug-likeness (QED) is 0.692. The van der Waals surface area contributed by atoms with Crippen molar-refractivity contribution in [3.8, 4) is 0 Å². The number of amides is 1. The topological polar surface area (TPSA) is 103 Å². The first-order valence-electron chi connectivity index (χ1n) is 6.07. The van der Waals surface area contributed by atoms with Gasteiger partial charge in [-0.05, 0) is 19.1 Å². The van der Waals surface area contributed by atoms with Crippen LogP contribution in [0.15, 0.2) is 22.8 Å². The van der Waals surface area contributed by atoms with Crippen LogP contribution in [0.1, 0.15) is 18.7 Å². The van der Waals surface area contributed by atoms with Gasteiger partial charge in [-0.25, -0.2) is 4.79 Å². The Morgan fingerprint density at radius 2 is 2.21 bits per heavy atom. The summed E-state index contributed by atoms with van der Waals surface area (Å²) in [4.78, 5) is 13.0. The van der Waals surface area contributed by atoms with Crippen LogP contribution >= 0.6 is 0 Å². The number of β-amino-alcohol motifs (C(OH)–C–C–N with tert-alkyl or cyclic N) is 1. The molecule has 2 heterocycles. The van der Waals surface area contributed by atoms with Gasteiger partial charge < -0.3 is 24.5 Å². The third-order valence-electron chi connectivity index (χ3n) is 3.12. The van der Waals surface area contributed by atoms with E-state index in [1.165, 1.54) is 6.26 Å². The predicted molar refractivity (Wildman–Crippen MR) is 63.2 cm³/mol. The molecular weight excluding hydrogens is 254 g/mol. The lowest BCUT2D eigenvalue weighted by Crippen LogP contribution is -2.58. The van der Waals surface area contributed by atoms with Gasteiger partial charge in [-0.3, -0.25) is 4.90 Å². The number of hydrogen-bond donors (Lipinski definition) is 3. The van der Waals surface area contributed by atoms with E-state index in [-0.39, 0.29) is 13.2 Å². The fraction of sp³-hybridized carbons (Fsp3) is 0.583. The highest BCUT2D eigenvalue weighted by molar-refractivity contribution is 5.68. The van der Waals surface area contributed by atoms with Crippen LogP contribution in [0, 0.1) is 0 Å². The maximum absolute atomic E-state index is 11.9. The number of aliphatic hydroxyl groups is 3. The Hall–Kier alpha value is -1.57. The van der Waals surface area contributed by atoms with Crippen molar-refractivity contribution in [1.82, 2.24) is 4.90 Å². The average molecular weight is 271 g/mol. The van der Waals surface area contributed by atoms with Crippen molar-refractivity contribution in [3.05, 3.63) is 24.2 Å². The number of likely N-dealkylation sites (tertiary alicyclic amines) is 1. The van der Waals surface area contributed by atoms with Crippen molar-refractivity contribution in [1.29, 1.82) is 0 Å². The number of rotatable bonds is 2. The molecule has 1 amide bonds. The molecular formula is C12H17NO6. The van der Waals surface area contributed by atoms with Gasteiger partial charge in [0, 0.05) is 0 Å². The summed E-state index contributed by atoms with van der Waals surface area (Å²) in [5.41, 5.74) is 0. The fourth-order valence-electron chi connectivity index (χ4n) is 2.20. The molecule has 106 valence electrons. The molecule has 0 bridgehead atoms. The fourth-order valence-corrected chi connectivity index (χ4v) is 2.20. The second kappa shape index (κ2) is 5.60. The van der Waals surface area contributed by atoms with Crippen molar-refractivity contribution < 1.29 is 29.3 Å². The van der Waals surface area contributed by atoms with Gasteiger partial charge in [-0.1, -0.05) is 0 Å². The molecule has 0 unspecified atom stereocenters.